The molecule has 0 radical (unpaired) electrons. The maximum Gasteiger partial charge on any atom is 0.260 e. The van der Waals surface area contributed by atoms with E-state index in [0.717, 1.165) is 18.9 Å². The Bertz CT molecular complexity index is 704. The SMILES string of the molecule is O=C(COc1cccc(Cl)c1Cl)N1CCN(c2ccccn2)CC1. The van der Waals surface area contributed by atoms with Crippen LogP contribution < -0.4 is 9.64 Å². The lowest BCUT2D eigenvalue weighted by Gasteiger charge is -2.35. The van der Waals surface area contributed by atoms with Crippen molar-refractivity contribution in [2.24, 2.45) is 0 Å². The van der Waals surface area contributed by atoms with Gasteiger partial charge in [-0.2, -0.15) is 0 Å². The van der Waals surface area contributed by atoms with Crippen molar-refractivity contribution in [3.63, 3.8) is 0 Å². The first-order valence-electron chi connectivity index (χ1n) is 7.66. The molecule has 1 aliphatic rings. The van der Waals surface area contributed by atoms with Crippen molar-refractivity contribution < 1.29 is 9.53 Å². The third-order valence-electron chi connectivity index (χ3n) is 3.87. The smallest absolute Gasteiger partial charge is 0.260 e. The van der Waals surface area contributed by atoms with Crippen LogP contribution in [-0.4, -0.2) is 48.6 Å². The second kappa shape index (κ2) is 7.73. The monoisotopic (exact) mass is 365 g/mol. The van der Waals surface area contributed by atoms with Crippen LogP contribution in [0.15, 0.2) is 42.6 Å². The molecule has 24 heavy (non-hydrogen) atoms. The number of anilines is 1. The van der Waals surface area contributed by atoms with Gasteiger partial charge in [0.15, 0.2) is 6.61 Å². The lowest BCUT2D eigenvalue weighted by Crippen LogP contribution is -2.50. The molecule has 3 rings (SSSR count). The van der Waals surface area contributed by atoms with Gasteiger partial charge in [-0.15, -0.1) is 0 Å². The van der Waals surface area contributed by atoms with Gasteiger partial charge in [-0.3, -0.25) is 4.79 Å². The van der Waals surface area contributed by atoms with Crippen molar-refractivity contribution in [1.82, 2.24) is 9.88 Å². The summed E-state index contributed by atoms with van der Waals surface area (Å²) < 4.78 is 5.51. The Morgan fingerprint density at radius 2 is 1.88 bits per heavy atom. The first-order chi connectivity index (χ1) is 11.6. The number of carbonyl (C=O) groups excluding carboxylic acids is 1. The van der Waals surface area contributed by atoms with Crippen molar-refractivity contribution in [3.05, 3.63) is 52.6 Å². The molecule has 5 nitrogen and oxygen atoms in total. The van der Waals surface area contributed by atoms with E-state index >= 15 is 0 Å². The second-order valence-corrected chi connectivity index (χ2v) is 6.18. The van der Waals surface area contributed by atoms with Crippen LogP contribution in [0.3, 0.4) is 0 Å². The number of benzene rings is 1. The van der Waals surface area contributed by atoms with Crippen LogP contribution in [0.5, 0.6) is 5.75 Å². The number of piperazine rings is 1. The molecule has 0 saturated carbocycles. The molecule has 7 heteroatoms. The third-order valence-corrected chi connectivity index (χ3v) is 4.67. The fourth-order valence-corrected chi connectivity index (χ4v) is 2.90. The second-order valence-electron chi connectivity index (χ2n) is 5.40. The summed E-state index contributed by atoms with van der Waals surface area (Å²) in [5, 5.41) is 0.734. The summed E-state index contributed by atoms with van der Waals surface area (Å²) in [5.74, 6) is 1.29. The molecule has 1 amide bonds. The van der Waals surface area contributed by atoms with Gasteiger partial charge >= 0.3 is 0 Å². The fourth-order valence-electron chi connectivity index (χ4n) is 2.55. The Morgan fingerprint density at radius 1 is 1.08 bits per heavy atom. The average molecular weight is 366 g/mol. The zero-order chi connectivity index (χ0) is 16.9. The van der Waals surface area contributed by atoms with Gasteiger partial charge in [0.05, 0.1) is 5.02 Å². The summed E-state index contributed by atoms with van der Waals surface area (Å²) >= 11 is 12.0. The highest BCUT2D eigenvalue weighted by atomic mass is 35.5. The van der Waals surface area contributed by atoms with Crippen molar-refractivity contribution in [2.45, 2.75) is 0 Å². The molecule has 0 unspecified atom stereocenters. The molecule has 1 aromatic heterocycles. The van der Waals surface area contributed by atoms with Crippen molar-refractivity contribution >= 4 is 34.9 Å². The number of carbonyl (C=O) groups is 1. The van der Waals surface area contributed by atoms with Crippen molar-refractivity contribution in [3.8, 4) is 5.75 Å². The summed E-state index contributed by atoms with van der Waals surface area (Å²) in [7, 11) is 0. The van der Waals surface area contributed by atoms with E-state index in [0.29, 0.717) is 28.9 Å². The number of aromatic nitrogens is 1. The first-order valence-corrected chi connectivity index (χ1v) is 8.41. The van der Waals surface area contributed by atoms with E-state index in [2.05, 4.69) is 9.88 Å². The zero-order valence-electron chi connectivity index (χ0n) is 13.0. The maximum atomic E-state index is 12.3. The molecule has 0 spiro atoms. The fraction of sp³-hybridized carbons (Fsp3) is 0.294. The molecule has 1 aromatic carbocycles. The summed E-state index contributed by atoms with van der Waals surface area (Å²) in [6.07, 6.45) is 1.77. The highest BCUT2D eigenvalue weighted by Crippen LogP contribution is 2.31. The van der Waals surface area contributed by atoms with E-state index < -0.39 is 0 Å². The first kappa shape index (κ1) is 16.9. The minimum absolute atomic E-state index is 0.0519. The van der Waals surface area contributed by atoms with Crippen LogP contribution in [0, 0.1) is 0 Å². The Kier molecular flexibility index (Phi) is 5.43. The molecule has 1 fully saturated rings. The zero-order valence-corrected chi connectivity index (χ0v) is 14.5. The number of hydrogen-bond donors (Lipinski definition) is 0. The molecule has 1 aliphatic heterocycles. The number of amides is 1. The normalized spacial score (nSPS) is 14.6. The largest absolute Gasteiger partial charge is 0.482 e. The average Bonchev–Trinajstić information content (AvgIpc) is 2.63. The third kappa shape index (κ3) is 3.91. The van der Waals surface area contributed by atoms with Crippen molar-refractivity contribution in [2.75, 3.05) is 37.7 Å². The van der Waals surface area contributed by atoms with Gasteiger partial charge in [0.25, 0.3) is 5.91 Å². The lowest BCUT2D eigenvalue weighted by atomic mass is 10.3. The number of rotatable bonds is 4. The summed E-state index contributed by atoms with van der Waals surface area (Å²) in [6, 6.07) is 10.9. The Labute approximate surface area is 150 Å². The number of nitrogens with zero attached hydrogens (tertiary/aromatic N) is 3. The molecule has 2 aromatic rings. The Morgan fingerprint density at radius 3 is 2.58 bits per heavy atom. The van der Waals surface area contributed by atoms with E-state index in [4.69, 9.17) is 27.9 Å². The summed E-state index contributed by atoms with van der Waals surface area (Å²) in [6.45, 7) is 2.73. The number of ether oxygens (including phenoxy) is 1. The van der Waals surface area contributed by atoms with Gasteiger partial charge in [0.1, 0.15) is 16.6 Å². The highest BCUT2D eigenvalue weighted by Gasteiger charge is 2.22. The highest BCUT2D eigenvalue weighted by molar-refractivity contribution is 6.42. The van der Waals surface area contributed by atoms with Gasteiger partial charge in [-0.05, 0) is 24.3 Å². The van der Waals surface area contributed by atoms with E-state index in [-0.39, 0.29) is 12.5 Å². The molecule has 0 N–H and O–H groups in total. The molecule has 0 atom stereocenters. The molecule has 0 bridgehead atoms. The van der Waals surface area contributed by atoms with Gasteiger partial charge in [-0.1, -0.05) is 35.3 Å². The molecule has 0 aliphatic carbocycles. The van der Waals surface area contributed by atoms with Crippen LogP contribution in [0.4, 0.5) is 5.82 Å². The Balaban J connectivity index is 1.51. The van der Waals surface area contributed by atoms with Crippen LogP contribution in [0.1, 0.15) is 0 Å². The predicted octanol–water partition coefficient (Wildman–Crippen LogP) is 3.12. The predicted molar refractivity (Wildman–Crippen MR) is 95.0 cm³/mol. The minimum Gasteiger partial charge on any atom is -0.482 e. The van der Waals surface area contributed by atoms with E-state index in [9.17, 15) is 4.79 Å². The van der Waals surface area contributed by atoms with Crippen molar-refractivity contribution in [1.29, 1.82) is 0 Å². The lowest BCUT2D eigenvalue weighted by molar-refractivity contribution is -0.133. The minimum atomic E-state index is -0.0632. The van der Waals surface area contributed by atoms with Crippen LogP contribution in [0.2, 0.25) is 10.0 Å². The molecular weight excluding hydrogens is 349 g/mol. The summed E-state index contributed by atoms with van der Waals surface area (Å²) in [5.41, 5.74) is 0. The van der Waals surface area contributed by atoms with Gasteiger partial charge in [-0.25, -0.2) is 4.98 Å². The van der Waals surface area contributed by atoms with E-state index in [1.54, 1.807) is 29.3 Å². The molecular formula is C17H17Cl2N3O2. The maximum absolute atomic E-state index is 12.3. The van der Waals surface area contributed by atoms with Gasteiger partial charge in [0, 0.05) is 32.4 Å². The quantitative estimate of drug-likeness (QED) is 0.834. The van der Waals surface area contributed by atoms with Gasteiger partial charge in [0.2, 0.25) is 0 Å². The molecule has 1 saturated heterocycles. The molecule has 2 heterocycles. The van der Waals surface area contributed by atoms with Crippen LogP contribution in [-0.2, 0) is 4.79 Å². The summed E-state index contributed by atoms with van der Waals surface area (Å²) in [4.78, 5) is 20.6. The number of halogens is 2. The number of pyridine rings is 1. The van der Waals surface area contributed by atoms with Crippen LogP contribution >= 0.6 is 23.2 Å². The van der Waals surface area contributed by atoms with E-state index in [1.807, 2.05) is 18.2 Å². The topological polar surface area (TPSA) is 45.7 Å². The molecule has 126 valence electrons. The van der Waals surface area contributed by atoms with Gasteiger partial charge < -0.3 is 14.5 Å². The number of hydrogen-bond acceptors (Lipinski definition) is 4. The van der Waals surface area contributed by atoms with Crippen LogP contribution in [0.25, 0.3) is 0 Å². The standard InChI is InChI=1S/C17H17Cl2N3O2/c18-13-4-3-5-14(17(13)19)24-12-16(23)22-10-8-21(9-11-22)15-6-1-2-7-20-15/h1-7H,8-12H2. The van der Waals surface area contributed by atoms with E-state index in [1.165, 1.54) is 0 Å². The Hall–Kier alpha value is -1.98.